The third-order valence-corrected chi connectivity index (χ3v) is 3.55. The molecule has 0 unspecified atom stereocenters. The van der Waals surface area contributed by atoms with Gasteiger partial charge in [-0.1, -0.05) is 31.5 Å². The number of anilines is 1. The van der Waals surface area contributed by atoms with Crippen molar-refractivity contribution in [2.45, 2.75) is 19.8 Å². The lowest BCUT2D eigenvalue weighted by Gasteiger charge is -2.17. The van der Waals surface area contributed by atoms with Crippen LogP contribution in [0.2, 0.25) is 0 Å². The summed E-state index contributed by atoms with van der Waals surface area (Å²) in [4.78, 5) is 11.0. The van der Waals surface area contributed by atoms with Gasteiger partial charge >= 0.3 is 0 Å². The van der Waals surface area contributed by atoms with E-state index in [0.717, 1.165) is 35.5 Å². The second-order valence-electron chi connectivity index (χ2n) is 5.10. The maximum absolute atomic E-state index is 4.48. The minimum atomic E-state index is 0. The molecule has 0 spiro atoms. The van der Waals surface area contributed by atoms with Crippen LogP contribution in [0.4, 0.5) is 5.82 Å². The van der Waals surface area contributed by atoms with E-state index in [1.807, 2.05) is 41.2 Å². The minimum Gasteiger partial charge on any atom is -0.359 e. The smallest absolute Gasteiger partial charge is 0.168 e. The summed E-state index contributed by atoms with van der Waals surface area (Å²) in [6.07, 6.45) is 5.78. The van der Waals surface area contributed by atoms with Crippen LogP contribution in [0.5, 0.6) is 0 Å². The Labute approximate surface area is 136 Å². The number of rotatable bonds is 5. The quantitative estimate of drug-likeness (QED) is 0.723. The molecule has 0 aliphatic carbocycles. The van der Waals surface area contributed by atoms with E-state index in [0.29, 0.717) is 0 Å². The largest absolute Gasteiger partial charge is 0.359 e. The van der Waals surface area contributed by atoms with Crippen molar-refractivity contribution in [3.63, 3.8) is 0 Å². The molecule has 0 radical (unpaired) electrons. The molecule has 0 fully saturated rings. The highest BCUT2D eigenvalue weighted by Crippen LogP contribution is 2.23. The predicted molar refractivity (Wildman–Crippen MR) is 92.1 cm³/mol. The Morgan fingerprint density at radius 3 is 2.64 bits per heavy atom. The Balaban J connectivity index is 0.00000176. The molecule has 0 saturated heterocycles. The van der Waals surface area contributed by atoms with E-state index in [9.17, 15) is 0 Å². The molecule has 3 aromatic rings. The summed E-state index contributed by atoms with van der Waals surface area (Å²) < 4.78 is 1.86. The Kier molecular flexibility index (Phi) is 5.33. The van der Waals surface area contributed by atoms with Crippen LogP contribution < -0.4 is 4.90 Å². The number of benzene rings is 1. The molecule has 22 heavy (non-hydrogen) atoms. The minimum absolute atomic E-state index is 0. The topological polar surface area (TPSA) is 46.8 Å². The van der Waals surface area contributed by atoms with Crippen LogP contribution in [0, 0.1) is 0 Å². The highest BCUT2D eigenvalue weighted by molar-refractivity contribution is 5.87. The number of aromatic nitrogens is 4. The standard InChI is InChI=1S/C16H19N5.ClH/c1-3-4-10-20(2)15-14-11-19-21(16(14)18-12-17-15)13-8-6-5-7-9-13;/h5-9,11-12H,3-4,10H2,1-2H3;1H. The fourth-order valence-electron chi connectivity index (χ4n) is 2.40. The third kappa shape index (κ3) is 3.04. The molecular weight excluding hydrogens is 298 g/mol. The Hall–Kier alpha value is -2.14. The van der Waals surface area contributed by atoms with Crippen LogP contribution >= 0.6 is 12.4 Å². The summed E-state index contributed by atoms with van der Waals surface area (Å²) in [6.45, 7) is 3.18. The summed E-state index contributed by atoms with van der Waals surface area (Å²) in [6, 6.07) is 10.0. The first-order chi connectivity index (χ1) is 10.3. The van der Waals surface area contributed by atoms with E-state index in [4.69, 9.17) is 0 Å². The van der Waals surface area contributed by atoms with Crippen LogP contribution in [-0.2, 0) is 0 Å². The maximum Gasteiger partial charge on any atom is 0.168 e. The zero-order valence-electron chi connectivity index (χ0n) is 12.8. The Morgan fingerprint density at radius 2 is 1.91 bits per heavy atom. The monoisotopic (exact) mass is 317 g/mol. The summed E-state index contributed by atoms with van der Waals surface area (Å²) in [5.41, 5.74) is 1.85. The van der Waals surface area contributed by atoms with Gasteiger partial charge in [0.2, 0.25) is 0 Å². The maximum atomic E-state index is 4.48. The number of hydrogen-bond donors (Lipinski definition) is 0. The number of halogens is 1. The van der Waals surface area contributed by atoms with Gasteiger partial charge in [-0.15, -0.1) is 12.4 Å². The predicted octanol–water partition coefficient (Wildman–Crippen LogP) is 3.47. The molecule has 0 aliphatic rings. The normalized spacial score (nSPS) is 10.5. The molecule has 0 amide bonds. The summed E-state index contributed by atoms with van der Waals surface area (Å²) >= 11 is 0. The molecule has 0 bridgehead atoms. The van der Waals surface area contributed by atoms with Gasteiger partial charge in [-0.05, 0) is 18.6 Å². The Morgan fingerprint density at radius 1 is 1.14 bits per heavy atom. The summed E-state index contributed by atoms with van der Waals surface area (Å²) in [7, 11) is 2.07. The molecule has 5 nitrogen and oxygen atoms in total. The van der Waals surface area contributed by atoms with E-state index in [2.05, 4.69) is 33.9 Å². The van der Waals surface area contributed by atoms with Gasteiger partial charge in [-0.25, -0.2) is 14.6 Å². The molecule has 3 rings (SSSR count). The fraction of sp³-hybridized carbons (Fsp3) is 0.312. The molecule has 0 aliphatic heterocycles. The second-order valence-corrected chi connectivity index (χ2v) is 5.10. The van der Waals surface area contributed by atoms with Gasteiger partial charge in [0.15, 0.2) is 5.65 Å². The lowest BCUT2D eigenvalue weighted by atomic mass is 10.3. The lowest BCUT2D eigenvalue weighted by molar-refractivity contribution is 0.761. The molecule has 1 aromatic carbocycles. The molecule has 2 heterocycles. The summed E-state index contributed by atoms with van der Waals surface area (Å²) in [5, 5.41) is 5.46. The van der Waals surface area contributed by atoms with Crippen molar-refractivity contribution in [1.29, 1.82) is 0 Å². The van der Waals surface area contributed by atoms with E-state index < -0.39 is 0 Å². The van der Waals surface area contributed by atoms with Gasteiger partial charge in [0.05, 0.1) is 17.3 Å². The van der Waals surface area contributed by atoms with Crippen LogP contribution in [0.25, 0.3) is 16.7 Å². The second kappa shape index (κ2) is 7.22. The van der Waals surface area contributed by atoms with Gasteiger partial charge < -0.3 is 4.90 Å². The van der Waals surface area contributed by atoms with Crippen molar-refractivity contribution in [3.05, 3.63) is 42.9 Å². The molecular formula is C16H20ClN5. The van der Waals surface area contributed by atoms with Gasteiger partial charge in [-0.2, -0.15) is 5.10 Å². The van der Waals surface area contributed by atoms with Crippen molar-refractivity contribution < 1.29 is 0 Å². The summed E-state index contributed by atoms with van der Waals surface area (Å²) in [5.74, 6) is 0.940. The molecule has 0 saturated carbocycles. The van der Waals surface area contributed by atoms with Crippen molar-refractivity contribution in [2.24, 2.45) is 0 Å². The van der Waals surface area contributed by atoms with E-state index >= 15 is 0 Å². The van der Waals surface area contributed by atoms with Crippen LogP contribution in [-0.4, -0.2) is 33.3 Å². The molecule has 2 aromatic heterocycles. The van der Waals surface area contributed by atoms with Crippen LogP contribution in [0.3, 0.4) is 0 Å². The molecule has 0 atom stereocenters. The Bertz CT molecular complexity index is 726. The van der Waals surface area contributed by atoms with Crippen molar-refractivity contribution in [3.8, 4) is 5.69 Å². The molecule has 116 valence electrons. The van der Waals surface area contributed by atoms with Crippen molar-refractivity contribution in [2.75, 3.05) is 18.5 Å². The first kappa shape index (κ1) is 16.2. The SMILES string of the molecule is CCCCN(C)c1ncnc2c1cnn2-c1ccccc1.Cl. The van der Waals surface area contributed by atoms with Crippen LogP contribution in [0.1, 0.15) is 19.8 Å². The number of fused-ring (bicyclic) bond motifs is 1. The van der Waals surface area contributed by atoms with E-state index in [1.165, 1.54) is 6.42 Å². The first-order valence-corrected chi connectivity index (χ1v) is 7.26. The number of unbranched alkanes of at least 4 members (excludes halogenated alkanes) is 1. The lowest BCUT2D eigenvalue weighted by Crippen LogP contribution is -2.19. The van der Waals surface area contributed by atoms with Gasteiger partial charge in [0, 0.05) is 13.6 Å². The number of para-hydroxylation sites is 1. The zero-order chi connectivity index (χ0) is 14.7. The van der Waals surface area contributed by atoms with Crippen molar-refractivity contribution in [1.82, 2.24) is 19.7 Å². The van der Waals surface area contributed by atoms with Crippen molar-refractivity contribution >= 4 is 29.3 Å². The fourth-order valence-corrected chi connectivity index (χ4v) is 2.40. The molecule has 6 heteroatoms. The van der Waals surface area contributed by atoms with E-state index in [-0.39, 0.29) is 12.4 Å². The van der Waals surface area contributed by atoms with Crippen LogP contribution in [0.15, 0.2) is 42.9 Å². The van der Waals surface area contributed by atoms with Gasteiger partial charge in [0.25, 0.3) is 0 Å². The first-order valence-electron chi connectivity index (χ1n) is 7.26. The zero-order valence-corrected chi connectivity index (χ0v) is 13.6. The highest BCUT2D eigenvalue weighted by atomic mass is 35.5. The third-order valence-electron chi connectivity index (χ3n) is 3.55. The average molecular weight is 318 g/mol. The van der Waals surface area contributed by atoms with Gasteiger partial charge in [0.1, 0.15) is 12.1 Å². The highest BCUT2D eigenvalue weighted by Gasteiger charge is 2.13. The van der Waals surface area contributed by atoms with Gasteiger partial charge in [-0.3, -0.25) is 0 Å². The number of nitrogens with zero attached hydrogens (tertiary/aromatic N) is 5. The average Bonchev–Trinajstić information content (AvgIpc) is 2.97. The molecule has 0 N–H and O–H groups in total. The van der Waals surface area contributed by atoms with E-state index in [1.54, 1.807) is 6.33 Å². The number of hydrogen-bond acceptors (Lipinski definition) is 4.